The summed E-state index contributed by atoms with van der Waals surface area (Å²) in [5.74, 6) is 0. The molecule has 0 spiro atoms. The fraction of sp³-hybridized carbons (Fsp3) is 0.733. The summed E-state index contributed by atoms with van der Waals surface area (Å²) in [6.07, 6.45) is 8.76. The van der Waals surface area contributed by atoms with Gasteiger partial charge in [-0.1, -0.05) is 19.3 Å². The number of carbonyl (C=O) groups excluding carboxylic acids is 1. The first-order chi connectivity index (χ1) is 10.3. The number of aromatic nitrogens is 2. The summed E-state index contributed by atoms with van der Waals surface area (Å²) in [5.41, 5.74) is 2.42. The average molecular weight is 292 g/mol. The lowest BCUT2D eigenvalue weighted by Crippen LogP contribution is -2.43. The van der Waals surface area contributed by atoms with Gasteiger partial charge in [-0.05, 0) is 12.8 Å². The van der Waals surface area contributed by atoms with E-state index in [0.717, 1.165) is 25.9 Å². The van der Waals surface area contributed by atoms with E-state index in [2.05, 4.69) is 15.7 Å². The summed E-state index contributed by atoms with van der Waals surface area (Å²) in [4.78, 5) is 11.9. The zero-order valence-electron chi connectivity index (χ0n) is 12.4. The Morgan fingerprint density at radius 1 is 1.38 bits per heavy atom. The van der Waals surface area contributed by atoms with Crippen molar-refractivity contribution >= 4 is 6.03 Å². The van der Waals surface area contributed by atoms with E-state index in [1.54, 1.807) is 0 Å². The summed E-state index contributed by atoms with van der Waals surface area (Å²) in [6, 6.07) is 0.305. The Balaban J connectivity index is 1.41. The van der Waals surface area contributed by atoms with Gasteiger partial charge < -0.3 is 15.4 Å². The summed E-state index contributed by atoms with van der Waals surface area (Å²) in [7, 11) is 0. The van der Waals surface area contributed by atoms with Crippen LogP contribution in [0.4, 0.5) is 4.79 Å². The molecule has 1 fully saturated rings. The van der Waals surface area contributed by atoms with Crippen LogP contribution < -0.4 is 10.6 Å². The molecule has 1 aromatic heterocycles. The second-order valence-electron chi connectivity index (χ2n) is 5.88. The summed E-state index contributed by atoms with van der Waals surface area (Å²) in [5, 5.41) is 10.4. The topological polar surface area (TPSA) is 68.2 Å². The van der Waals surface area contributed by atoms with Crippen LogP contribution in [0.2, 0.25) is 0 Å². The number of amides is 2. The standard InChI is InChI=1S/C15H24N4O2/c20-15(18-13-4-2-1-3-5-13)16-7-8-19-14-6-9-21-11-12(14)10-17-19/h10,13H,1-9,11H2,(H2,16,18,20). The number of nitrogens with one attached hydrogen (secondary N) is 2. The normalized spacial score (nSPS) is 19.0. The highest BCUT2D eigenvalue weighted by Gasteiger charge is 2.16. The number of carbonyl (C=O) groups is 1. The molecule has 2 N–H and O–H groups in total. The highest BCUT2D eigenvalue weighted by atomic mass is 16.5. The molecule has 0 saturated heterocycles. The fourth-order valence-corrected chi connectivity index (χ4v) is 3.16. The molecule has 2 amide bonds. The van der Waals surface area contributed by atoms with Crippen molar-refractivity contribution in [2.24, 2.45) is 0 Å². The molecule has 6 heteroatoms. The Morgan fingerprint density at radius 3 is 3.10 bits per heavy atom. The van der Waals surface area contributed by atoms with Crippen molar-refractivity contribution in [3.8, 4) is 0 Å². The van der Waals surface area contributed by atoms with Crippen molar-refractivity contribution in [3.63, 3.8) is 0 Å². The number of urea groups is 1. The summed E-state index contributed by atoms with van der Waals surface area (Å²) < 4.78 is 7.39. The van der Waals surface area contributed by atoms with E-state index in [1.807, 2.05) is 10.9 Å². The molecular weight excluding hydrogens is 268 g/mol. The van der Waals surface area contributed by atoms with E-state index in [1.165, 1.54) is 30.5 Å². The van der Waals surface area contributed by atoms with Crippen molar-refractivity contribution in [1.29, 1.82) is 0 Å². The maximum Gasteiger partial charge on any atom is 0.315 e. The van der Waals surface area contributed by atoms with Crippen molar-refractivity contribution < 1.29 is 9.53 Å². The maximum atomic E-state index is 11.9. The van der Waals surface area contributed by atoms with Crippen molar-refractivity contribution in [1.82, 2.24) is 20.4 Å². The van der Waals surface area contributed by atoms with E-state index < -0.39 is 0 Å². The number of hydrogen-bond acceptors (Lipinski definition) is 3. The molecule has 0 unspecified atom stereocenters. The van der Waals surface area contributed by atoms with E-state index in [0.29, 0.717) is 25.7 Å². The quantitative estimate of drug-likeness (QED) is 0.885. The predicted molar refractivity (Wildman–Crippen MR) is 79.0 cm³/mol. The number of hydrogen-bond donors (Lipinski definition) is 2. The number of ether oxygens (including phenoxy) is 1. The van der Waals surface area contributed by atoms with Crippen molar-refractivity contribution in [2.45, 2.75) is 57.7 Å². The molecule has 1 saturated carbocycles. The van der Waals surface area contributed by atoms with Crippen LogP contribution in [0.25, 0.3) is 0 Å². The predicted octanol–water partition coefficient (Wildman–Crippen LogP) is 1.59. The molecule has 116 valence electrons. The summed E-state index contributed by atoms with van der Waals surface area (Å²) >= 11 is 0. The van der Waals surface area contributed by atoms with Crippen LogP contribution in [0, 0.1) is 0 Å². The monoisotopic (exact) mass is 292 g/mol. The molecular formula is C15H24N4O2. The Labute approximate surface area is 125 Å². The van der Waals surface area contributed by atoms with Gasteiger partial charge in [0.25, 0.3) is 0 Å². The molecule has 0 atom stereocenters. The lowest BCUT2D eigenvalue weighted by molar-refractivity contribution is 0.109. The van der Waals surface area contributed by atoms with E-state index in [4.69, 9.17) is 4.74 Å². The lowest BCUT2D eigenvalue weighted by atomic mass is 9.96. The molecule has 1 aliphatic heterocycles. The molecule has 0 radical (unpaired) electrons. The Bertz CT molecular complexity index is 480. The molecule has 2 aliphatic rings. The third-order valence-electron chi connectivity index (χ3n) is 4.33. The Hall–Kier alpha value is -1.56. The van der Waals surface area contributed by atoms with E-state index >= 15 is 0 Å². The largest absolute Gasteiger partial charge is 0.376 e. The SMILES string of the molecule is O=C(NCCn1ncc2c1CCOC2)NC1CCCCC1. The van der Waals surface area contributed by atoms with Gasteiger partial charge in [-0.2, -0.15) is 5.10 Å². The molecule has 0 aromatic carbocycles. The maximum absolute atomic E-state index is 11.9. The number of fused-ring (bicyclic) bond motifs is 1. The Kier molecular flexibility index (Phi) is 4.75. The summed E-state index contributed by atoms with van der Waals surface area (Å²) in [6.45, 7) is 2.74. The Morgan fingerprint density at radius 2 is 2.24 bits per heavy atom. The third kappa shape index (κ3) is 3.75. The molecule has 1 aliphatic carbocycles. The van der Waals surface area contributed by atoms with Crippen LogP contribution in [0.3, 0.4) is 0 Å². The highest BCUT2D eigenvalue weighted by Crippen LogP contribution is 2.17. The number of rotatable bonds is 4. The first kappa shape index (κ1) is 14.4. The zero-order valence-corrected chi connectivity index (χ0v) is 12.4. The van der Waals surface area contributed by atoms with E-state index in [9.17, 15) is 4.79 Å². The van der Waals surface area contributed by atoms with Gasteiger partial charge in [-0.25, -0.2) is 4.79 Å². The lowest BCUT2D eigenvalue weighted by Gasteiger charge is -2.23. The zero-order chi connectivity index (χ0) is 14.5. The first-order valence-corrected chi connectivity index (χ1v) is 7.98. The highest BCUT2D eigenvalue weighted by molar-refractivity contribution is 5.74. The fourth-order valence-electron chi connectivity index (χ4n) is 3.16. The van der Waals surface area contributed by atoms with Gasteiger partial charge in [-0.3, -0.25) is 4.68 Å². The molecule has 3 rings (SSSR count). The van der Waals surface area contributed by atoms with Crippen LogP contribution in [-0.4, -0.2) is 35.0 Å². The van der Waals surface area contributed by atoms with Gasteiger partial charge in [0.15, 0.2) is 0 Å². The minimum absolute atomic E-state index is 0.0498. The van der Waals surface area contributed by atoms with E-state index in [-0.39, 0.29) is 6.03 Å². The van der Waals surface area contributed by atoms with Crippen LogP contribution >= 0.6 is 0 Å². The second-order valence-corrected chi connectivity index (χ2v) is 5.88. The van der Waals surface area contributed by atoms with Crippen LogP contribution in [0.5, 0.6) is 0 Å². The molecule has 6 nitrogen and oxygen atoms in total. The van der Waals surface area contributed by atoms with Crippen LogP contribution in [0.15, 0.2) is 6.20 Å². The van der Waals surface area contributed by atoms with Gasteiger partial charge in [0, 0.05) is 30.3 Å². The second kappa shape index (κ2) is 6.93. The molecule has 1 aromatic rings. The molecule has 0 bridgehead atoms. The van der Waals surface area contributed by atoms with Crippen molar-refractivity contribution in [3.05, 3.63) is 17.5 Å². The van der Waals surface area contributed by atoms with Gasteiger partial charge in [0.1, 0.15) is 0 Å². The average Bonchev–Trinajstić information content (AvgIpc) is 2.92. The van der Waals surface area contributed by atoms with Gasteiger partial charge in [0.05, 0.1) is 26.0 Å². The van der Waals surface area contributed by atoms with Gasteiger partial charge in [0.2, 0.25) is 0 Å². The third-order valence-corrected chi connectivity index (χ3v) is 4.33. The number of nitrogens with zero attached hydrogens (tertiary/aromatic N) is 2. The van der Waals surface area contributed by atoms with Crippen LogP contribution in [-0.2, 0) is 24.3 Å². The van der Waals surface area contributed by atoms with Gasteiger partial charge >= 0.3 is 6.03 Å². The molecule has 21 heavy (non-hydrogen) atoms. The van der Waals surface area contributed by atoms with Gasteiger partial charge in [-0.15, -0.1) is 0 Å². The molecule has 2 heterocycles. The van der Waals surface area contributed by atoms with Crippen molar-refractivity contribution in [2.75, 3.05) is 13.2 Å². The smallest absolute Gasteiger partial charge is 0.315 e. The first-order valence-electron chi connectivity index (χ1n) is 7.98. The minimum atomic E-state index is -0.0498. The minimum Gasteiger partial charge on any atom is -0.376 e. The van der Waals surface area contributed by atoms with Crippen LogP contribution in [0.1, 0.15) is 43.4 Å².